The predicted molar refractivity (Wildman–Crippen MR) is 64.8 cm³/mol. The summed E-state index contributed by atoms with van der Waals surface area (Å²) in [6.07, 6.45) is 2.95. The number of rotatable bonds is 7. The number of hydrogen-bond acceptors (Lipinski definition) is 3. The van der Waals surface area contributed by atoms with Gasteiger partial charge in [-0.3, -0.25) is 4.98 Å². The quantitative estimate of drug-likeness (QED) is 0.774. The molecule has 84 valence electrons. The Kier molecular flexibility index (Phi) is 6.55. The molecular weight excluding hydrogens is 256 g/mol. The fourth-order valence-corrected chi connectivity index (χ4v) is 1.35. The smallest absolute Gasteiger partial charge is 0.0888 e. The fraction of sp³-hybridized carbons (Fsp3) is 0.545. The van der Waals surface area contributed by atoms with Crippen molar-refractivity contribution in [2.75, 3.05) is 19.7 Å². The van der Waals surface area contributed by atoms with Gasteiger partial charge in [-0.05, 0) is 41.0 Å². The highest BCUT2D eigenvalue weighted by molar-refractivity contribution is 9.10. The highest BCUT2D eigenvalue weighted by Gasteiger charge is 1.94. The van der Waals surface area contributed by atoms with E-state index in [-0.39, 0.29) is 0 Å². The molecule has 0 radical (unpaired) electrons. The molecule has 1 aromatic heterocycles. The maximum absolute atomic E-state index is 5.47. The lowest BCUT2D eigenvalue weighted by Gasteiger charge is -2.04. The Bertz CT molecular complexity index is 264. The van der Waals surface area contributed by atoms with Crippen molar-refractivity contribution in [3.05, 3.63) is 28.5 Å². The third kappa shape index (κ3) is 5.87. The molecule has 1 N–H and O–H groups in total. The lowest BCUT2D eigenvalue weighted by Crippen LogP contribution is -2.20. The highest BCUT2D eigenvalue weighted by atomic mass is 79.9. The third-order valence-electron chi connectivity index (χ3n) is 1.89. The van der Waals surface area contributed by atoms with Crippen LogP contribution in [0.3, 0.4) is 0 Å². The Balaban J connectivity index is 2.07. The van der Waals surface area contributed by atoms with Gasteiger partial charge in [-0.15, -0.1) is 0 Å². The fourth-order valence-electron chi connectivity index (χ4n) is 1.11. The van der Waals surface area contributed by atoms with E-state index in [1.54, 1.807) is 6.20 Å². The monoisotopic (exact) mass is 272 g/mol. The van der Waals surface area contributed by atoms with E-state index >= 15 is 0 Å². The van der Waals surface area contributed by atoms with Gasteiger partial charge in [0, 0.05) is 17.2 Å². The van der Waals surface area contributed by atoms with Crippen LogP contribution in [0.15, 0.2) is 22.8 Å². The van der Waals surface area contributed by atoms with E-state index < -0.39 is 0 Å². The number of hydrogen-bond donors (Lipinski definition) is 1. The lowest BCUT2D eigenvalue weighted by molar-refractivity contribution is 0.120. The molecule has 0 fully saturated rings. The Morgan fingerprint density at radius 2 is 2.27 bits per heavy atom. The van der Waals surface area contributed by atoms with Gasteiger partial charge in [0.1, 0.15) is 0 Å². The van der Waals surface area contributed by atoms with Gasteiger partial charge in [0.2, 0.25) is 0 Å². The zero-order valence-electron chi connectivity index (χ0n) is 9.00. The van der Waals surface area contributed by atoms with Crippen LogP contribution in [-0.2, 0) is 11.3 Å². The second-order valence-corrected chi connectivity index (χ2v) is 4.19. The summed E-state index contributed by atoms with van der Waals surface area (Å²) < 4.78 is 6.46. The normalized spacial score (nSPS) is 10.5. The van der Waals surface area contributed by atoms with E-state index in [9.17, 15) is 0 Å². The van der Waals surface area contributed by atoms with Crippen LogP contribution in [0, 0.1) is 0 Å². The van der Waals surface area contributed by atoms with Crippen molar-refractivity contribution in [1.29, 1.82) is 0 Å². The average molecular weight is 273 g/mol. The second-order valence-electron chi connectivity index (χ2n) is 3.27. The van der Waals surface area contributed by atoms with Crippen LogP contribution in [0.5, 0.6) is 0 Å². The molecule has 0 aromatic carbocycles. The van der Waals surface area contributed by atoms with Gasteiger partial charge in [-0.2, -0.15) is 0 Å². The number of nitrogens with one attached hydrogen (secondary N) is 1. The van der Waals surface area contributed by atoms with E-state index in [0.717, 1.165) is 36.3 Å². The van der Waals surface area contributed by atoms with E-state index in [1.807, 2.05) is 12.1 Å². The molecule has 0 spiro atoms. The molecule has 4 heteroatoms. The zero-order valence-corrected chi connectivity index (χ0v) is 10.6. The summed E-state index contributed by atoms with van der Waals surface area (Å²) in [6, 6.07) is 3.94. The zero-order chi connectivity index (χ0) is 10.9. The molecule has 0 saturated heterocycles. The van der Waals surface area contributed by atoms with Gasteiger partial charge >= 0.3 is 0 Å². The van der Waals surface area contributed by atoms with Crippen molar-refractivity contribution < 1.29 is 4.74 Å². The van der Waals surface area contributed by atoms with Crippen LogP contribution in [-0.4, -0.2) is 24.7 Å². The first kappa shape index (κ1) is 12.6. The van der Waals surface area contributed by atoms with Crippen molar-refractivity contribution in [2.24, 2.45) is 0 Å². The summed E-state index contributed by atoms with van der Waals surface area (Å²) in [5.41, 5.74) is 0.966. The van der Waals surface area contributed by atoms with Gasteiger partial charge < -0.3 is 10.1 Å². The summed E-state index contributed by atoms with van der Waals surface area (Å²) in [5, 5.41) is 3.28. The first-order valence-electron chi connectivity index (χ1n) is 5.22. The van der Waals surface area contributed by atoms with Crippen LogP contribution in [0.25, 0.3) is 0 Å². The molecule has 1 heterocycles. The molecule has 1 rings (SSSR count). The summed E-state index contributed by atoms with van der Waals surface area (Å²) in [5.74, 6) is 0. The van der Waals surface area contributed by atoms with Gasteiger partial charge in [-0.1, -0.05) is 6.92 Å². The minimum atomic E-state index is 0.584. The van der Waals surface area contributed by atoms with Gasteiger partial charge in [-0.25, -0.2) is 0 Å². The SMILES string of the molecule is CCCNCCOCc1ccc(Br)cn1. The molecule has 0 saturated carbocycles. The maximum atomic E-state index is 5.47. The molecule has 1 aromatic rings. The average Bonchev–Trinajstić information content (AvgIpc) is 2.26. The molecule has 0 amide bonds. The van der Waals surface area contributed by atoms with Crippen LogP contribution in [0.2, 0.25) is 0 Å². The number of halogens is 1. The molecule has 0 bridgehead atoms. The van der Waals surface area contributed by atoms with Gasteiger partial charge in [0.05, 0.1) is 18.9 Å². The minimum Gasteiger partial charge on any atom is -0.374 e. The molecule has 3 nitrogen and oxygen atoms in total. The molecule has 0 aliphatic heterocycles. The number of ether oxygens (including phenoxy) is 1. The number of nitrogens with zero attached hydrogens (tertiary/aromatic N) is 1. The predicted octanol–water partition coefficient (Wildman–Crippen LogP) is 2.36. The lowest BCUT2D eigenvalue weighted by atomic mass is 10.4. The van der Waals surface area contributed by atoms with Crippen LogP contribution < -0.4 is 5.32 Å². The number of aromatic nitrogens is 1. The summed E-state index contributed by atoms with van der Waals surface area (Å²) in [4.78, 5) is 4.22. The topological polar surface area (TPSA) is 34.1 Å². The first-order valence-corrected chi connectivity index (χ1v) is 6.01. The van der Waals surface area contributed by atoms with Crippen LogP contribution in [0.1, 0.15) is 19.0 Å². The Morgan fingerprint density at radius 3 is 2.93 bits per heavy atom. The molecule has 0 aliphatic rings. The molecular formula is C11H17BrN2O. The van der Waals surface area contributed by atoms with Crippen molar-refractivity contribution in [3.8, 4) is 0 Å². The summed E-state index contributed by atoms with van der Waals surface area (Å²) in [6.45, 7) is 5.43. The Hall–Kier alpha value is -0.450. The summed E-state index contributed by atoms with van der Waals surface area (Å²) >= 11 is 3.34. The van der Waals surface area contributed by atoms with Crippen LogP contribution >= 0.6 is 15.9 Å². The standard InChI is InChI=1S/C11H17BrN2O/c1-2-5-13-6-7-15-9-11-4-3-10(12)8-14-11/h3-4,8,13H,2,5-7,9H2,1H3. The highest BCUT2D eigenvalue weighted by Crippen LogP contribution is 2.07. The maximum Gasteiger partial charge on any atom is 0.0888 e. The Morgan fingerprint density at radius 1 is 1.40 bits per heavy atom. The van der Waals surface area contributed by atoms with Gasteiger partial charge in [0.15, 0.2) is 0 Å². The van der Waals surface area contributed by atoms with E-state index in [2.05, 4.69) is 33.2 Å². The van der Waals surface area contributed by atoms with Crippen molar-refractivity contribution >= 4 is 15.9 Å². The molecule has 0 atom stereocenters. The van der Waals surface area contributed by atoms with Crippen LogP contribution in [0.4, 0.5) is 0 Å². The molecule has 0 aliphatic carbocycles. The largest absolute Gasteiger partial charge is 0.374 e. The number of pyridine rings is 1. The third-order valence-corrected chi connectivity index (χ3v) is 2.36. The van der Waals surface area contributed by atoms with E-state index in [1.165, 1.54) is 0 Å². The van der Waals surface area contributed by atoms with Crippen molar-refractivity contribution in [3.63, 3.8) is 0 Å². The summed E-state index contributed by atoms with van der Waals surface area (Å²) in [7, 11) is 0. The van der Waals surface area contributed by atoms with Gasteiger partial charge in [0.25, 0.3) is 0 Å². The Labute approximate surface area is 99.4 Å². The first-order chi connectivity index (χ1) is 7.33. The van der Waals surface area contributed by atoms with Crippen molar-refractivity contribution in [2.45, 2.75) is 20.0 Å². The second kappa shape index (κ2) is 7.79. The minimum absolute atomic E-state index is 0.584. The van der Waals surface area contributed by atoms with Crippen molar-refractivity contribution in [1.82, 2.24) is 10.3 Å². The van der Waals surface area contributed by atoms with E-state index in [0.29, 0.717) is 6.61 Å². The molecule has 0 unspecified atom stereocenters. The van der Waals surface area contributed by atoms with E-state index in [4.69, 9.17) is 4.74 Å². The molecule has 15 heavy (non-hydrogen) atoms.